The number of rotatable bonds is 4. The summed E-state index contributed by atoms with van der Waals surface area (Å²) in [4.78, 5) is 12.4. The second kappa shape index (κ2) is 6.79. The SMILES string of the molecule is CCS(=O)(=O)N1CCC(C(=O)Nc2cccc(C)c2C)CC1. The molecule has 1 heterocycles. The van der Waals surface area contributed by atoms with Crippen LogP contribution in [0.15, 0.2) is 18.2 Å². The van der Waals surface area contributed by atoms with Crippen LogP contribution in [0, 0.1) is 19.8 Å². The lowest BCUT2D eigenvalue weighted by atomic mass is 9.97. The maximum atomic E-state index is 12.4. The Morgan fingerprint density at radius 2 is 1.91 bits per heavy atom. The number of hydrogen-bond acceptors (Lipinski definition) is 3. The molecule has 0 unspecified atom stereocenters. The van der Waals surface area contributed by atoms with E-state index in [1.807, 2.05) is 32.0 Å². The Bertz CT molecular complexity index is 647. The third kappa shape index (κ3) is 3.67. The number of anilines is 1. The Kier molecular flexibility index (Phi) is 5.24. The molecule has 0 saturated carbocycles. The van der Waals surface area contributed by atoms with Gasteiger partial charge in [0.05, 0.1) is 5.75 Å². The molecule has 5 nitrogen and oxygen atoms in total. The summed E-state index contributed by atoms with van der Waals surface area (Å²) in [5.74, 6) is -0.0164. The van der Waals surface area contributed by atoms with Crippen LogP contribution in [0.2, 0.25) is 0 Å². The molecule has 1 saturated heterocycles. The third-order valence-corrected chi connectivity index (χ3v) is 6.33. The summed E-state index contributed by atoms with van der Waals surface area (Å²) in [6, 6.07) is 5.84. The normalized spacial score (nSPS) is 17.4. The molecule has 0 atom stereocenters. The molecule has 22 heavy (non-hydrogen) atoms. The molecule has 1 amide bonds. The summed E-state index contributed by atoms with van der Waals surface area (Å²) in [5.41, 5.74) is 3.05. The molecule has 1 aliphatic heterocycles. The number of carbonyl (C=O) groups is 1. The molecule has 0 bridgehead atoms. The van der Waals surface area contributed by atoms with Gasteiger partial charge >= 0.3 is 0 Å². The highest BCUT2D eigenvalue weighted by Crippen LogP contribution is 2.23. The van der Waals surface area contributed by atoms with Crippen molar-refractivity contribution in [1.29, 1.82) is 0 Å². The summed E-state index contributed by atoms with van der Waals surface area (Å²) in [6.45, 7) is 6.51. The van der Waals surface area contributed by atoms with Crippen LogP contribution in [0.5, 0.6) is 0 Å². The minimum absolute atomic E-state index is 0.0118. The Hall–Kier alpha value is -1.40. The first kappa shape index (κ1) is 17.0. The predicted molar refractivity (Wildman–Crippen MR) is 88.3 cm³/mol. The van der Waals surface area contributed by atoms with Gasteiger partial charge in [-0.25, -0.2) is 12.7 Å². The van der Waals surface area contributed by atoms with E-state index in [-0.39, 0.29) is 17.6 Å². The molecule has 1 fully saturated rings. The number of carbonyl (C=O) groups excluding carboxylic acids is 1. The van der Waals surface area contributed by atoms with Crippen LogP contribution < -0.4 is 5.32 Å². The van der Waals surface area contributed by atoms with Crippen LogP contribution in [0.25, 0.3) is 0 Å². The summed E-state index contributed by atoms with van der Waals surface area (Å²) in [6.07, 6.45) is 1.16. The van der Waals surface area contributed by atoms with E-state index < -0.39 is 10.0 Å². The van der Waals surface area contributed by atoms with Crippen LogP contribution in [-0.4, -0.2) is 37.5 Å². The fourth-order valence-electron chi connectivity index (χ4n) is 2.70. The van der Waals surface area contributed by atoms with Gasteiger partial charge in [0.15, 0.2) is 0 Å². The Morgan fingerprint density at radius 1 is 1.27 bits per heavy atom. The monoisotopic (exact) mass is 324 g/mol. The molecule has 0 radical (unpaired) electrons. The molecule has 0 aliphatic carbocycles. The molecule has 0 spiro atoms. The number of piperidine rings is 1. The number of aryl methyl sites for hydroxylation is 1. The first-order chi connectivity index (χ1) is 10.3. The zero-order chi connectivity index (χ0) is 16.3. The van der Waals surface area contributed by atoms with Crippen molar-refractivity contribution in [3.63, 3.8) is 0 Å². The van der Waals surface area contributed by atoms with Gasteiger partial charge in [-0.05, 0) is 50.8 Å². The van der Waals surface area contributed by atoms with E-state index in [0.29, 0.717) is 25.9 Å². The van der Waals surface area contributed by atoms with Crippen molar-refractivity contribution in [3.8, 4) is 0 Å². The smallest absolute Gasteiger partial charge is 0.227 e. The molecule has 2 rings (SSSR count). The highest BCUT2D eigenvalue weighted by atomic mass is 32.2. The highest BCUT2D eigenvalue weighted by molar-refractivity contribution is 7.89. The van der Waals surface area contributed by atoms with Gasteiger partial charge in [0.2, 0.25) is 15.9 Å². The maximum Gasteiger partial charge on any atom is 0.227 e. The predicted octanol–water partition coefficient (Wildman–Crippen LogP) is 2.30. The second-order valence-electron chi connectivity index (χ2n) is 5.81. The zero-order valence-electron chi connectivity index (χ0n) is 13.4. The number of hydrogen-bond donors (Lipinski definition) is 1. The molecule has 1 aliphatic rings. The van der Waals surface area contributed by atoms with E-state index in [0.717, 1.165) is 16.8 Å². The number of benzene rings is 1. The van der Waals surface area contributed by atoms with Crippen LogP contribution in [0.4, 0.5) is 5.69 Å². The van der Waals surface area contributed by atoms with Crippen molar-refractivity contribution in [2.24, 2.45) is 5.92 Å². The first-order valence-corrected chi connectivity index (χ1v) is 9.31. The molecule has 6 heteroatoms. The van der Waals surface area contributed by atoms with Gasteiger partial charge in [0, 0.05) is 24.7 Å². The number of amides is 1. The minimum Gasteiger partial charge on any atom is -0.326 e. The maximum absolute atomic E-state index is 12.4. The van der Waals surface area contributed by atoms with Crippen molar-refractivity contribution in [1.82, 2.24) is 4.31 Å². The van der Waals surface area contributed by atoms with Crippen LogP contribution in [0.1, 0.15) is 30.9 Å². The van der Waals surface area contributed by atoms with E-state index in [2.05, 4.69) is 5.32 Å². The second-order valence-corrected chi connectivity index (χ2v) is 8.07. The number of nitrogens with one attached hydrogen (secondary N) is 1. The molecule has 1 aromatic rings. The Labute approximate surface area is 132 Å². The quantitative estimate of drug-likeness (QED) is 0.924. The van der Waals surface area contributed by atoms with Gasteiger partial charge in [0.25, 0.3) is 0 Å². The van der Waals surface area contributed by atoms with Gasteiger partial charge in [0.1, 0.15) is 0 Å². The van der Waals surface area contributed by atoms with E-state index in [1.54, 1.807) is 6.92 Å². The molecule has 1 aromatic carbocycles. The summed E-state index contributed by atoms with van der Waals surface area (Å²) in [5, 5.41) is 2.98. The van der Waals surface area contributed by atoms with E-state index in [9.17, 15) is 13.2 Å². The highest BCUT2D eigenvalue weighted by Gasteiger charge is 2.30. The standard InChI is InChI=1S/C16H24N2O3S/c1-4-22(20,21)18-10-8-14(9-11-18)16(19)17-15-7-5-6-12(2)13(15)3/h5-7,14H,4,8-11H2,1-3H3,(H,17,19). The van der Waals surface area contributed by atoms with Crippen molar-refractivity contribution in [2.45, 2.75) is 33.6 Å². The van der Waals surface area contributed by atoms with Gasteiger partial charge in [-0.2, -0.15) is 0 Å². The molecule has 0 aromatic heterocycles. The van der Waals surface area contributed by atoms with Crippen molar-refractivity contribution in [2.75, 3.05) is 24.2 Å². The fraction of sp³-hybridized carbons (Fsp3) is 0.562. The van der Waals surface area contributed by atoms with Crippen molar-refractivity contribution >= 4 is 21.6 Å². The average molecular weight is 324 g/mol. The average Bonchev–Trinajstić information content (AvgIpc) is 2.52. The lowest BCUT2D eigenvalue weighted by molar-refractivity contribution is -0.120. The van der Waals surface area contributed by atoms with E-state index in [4.69, 9.17) is 0 Å². The van der Waals surface area contributed by atoms with E-state index in [1.165, 1.54) is 4.31 Å². The molecule has 122 valence electrons. The Balaban J connectivity index is 1.97. The van der Waals surface area contributed by atoms with Gasteiger partial charge in [-0.1, -0.05) is 12.1 Å². The van der Waals surface area contributed by atoms with Crippen LogP contribution >= 0.6 is 0 Å². The largest absolute Gasteiger partial charge is 0.326 e. The Morgan fingerprint density at radius 3 is 2.50 bits per heavy atom. The minimum atomic E-state index is -3.14. The lowest BCUT2D eigenvalue weighted by Gasteiger charge is -2.30. The topological polar surface area (TPSA) is 66.5 Å². The number of sulfonamides is 1. The summed E-state index contributed by atoms with van der Waals surface area (Å²) in [7, 11) is -3.14. The lowest BCUT2D eigenvalue weighted by Crippen LogP contribution is -2.42. The van der Waals surface area contributed by atoms with E-state index >= 15 is 0 Å². The first-order valence-electron chi connectivity index (χ1n) is 7.70. The summed E-state index contributed by atoms with van der Waals surface area (Å²) < 4.78 is 25.2. The van der Waals surface area contributed by atoms with Crippen molar-refractivity contribution in [3.05, 3.63) is 29.3 Å². The van der Waals surface area contributed by atoms with Crippen molar-refractivity contribution < 1.29 is 13.2 Å². The summed E-state index contributed by atoms with van der Waals surface area (Å²) >= 11 is 0. The molecular formula is C16H24N2O3S. The third-order valence-electron chi connectivity index (χ3n) is 4.45. The molecule has 1 N–H and O–H groups in total. The van der Waals surface area contributed by atoms with Gasteiger partial charge < -0.3 is 5.32 Å². The fourth-order valence-corrected chi connectivity index (χ4v) is 3.83. The van der Waals surface area contributed by atoms with Crippen LogP contribution in [0.3, 0.4) is 0 Å². The van der Waals surface area contributed by atoms with Gasteiger partial charge in [-0.15, -0.1) is 0 Å². The molecular weight excluding hydrogens is 300 g/mol. The number of nitrogens with zero attached hydrogens (tertiary/aromatic N) is 1. The van der Waals surface area contributed by atoms with Crippen LogP contribution in [-0.2, 0) is 14.8 Å². The van der Waals surface area contributed by atoms with Gasteiger partial charge in [-0.3, -0.25) is 4.79 Å². The zero-order valence-corrected chi connectivity index (χ0v) is 14.2.